The molecule has 92 valence electrons. The number of aryl methyl sites for hydroxylation is 1. The number of aromatic amines is 1. The molecule has 0 aliphatic carbocycles. The van der Waals surface area contributed by atoms with Gasteiger partial charge in [0.2, 0.25) is 0 Å². The molecule has 0 amide bonds. The summed E-state index contributed by atoms with van der Waals surface area (Å²) in [4.78, 5) is 25.3. The maximum absolute atomic E-state index is 12.1. The molecule has 0 aliphatic rings. The first-order valence-electron chi connectivity index (χ1n) is 5.67. The molecule has 0 fully saturated rings. The monoisotopic (exact) mass is 243 g/mol. The Kier molecular flexibility index (Phi) is 3.28. The summed E-state index contributed by atoms with van der Waals surface area (Å²) in [6.45, 7) is 2.04. The van der Waals surface area contributed by atoms with Crippen molar-refractivity contribution >= 4 is 11.8 Å². The van der Waals surface area contributed by atoms with E-state index in [9.17, 15) is 9.59 Å². The van der Waals surface area contributed by atoms with Gasteiger partial charge in [0.25, 0.3) is 0 Å². The molecule has 0 saturated heterocycles. The molecule has 18 heavy (non-hydrogen) atoms. The van der Waals surface area contributed by atoms with Crippen molar-refractivity contribution in [3.8, 4) is 0 Å². The summed E-state index contributed by atoms with van der Waals surface area (Å²) in [5.74, 6) is -1.25. The molecular weight excluding hydrogens is 230 g/mol. The lowest BCUT2D eigenvalue weighted by atomic mass is 10.0. The first-order valence-corrected chi connectivity index (χ1v) is 5.67. The van der Waals surface area contributed by atoms with E-state index in [4.69, 9.17) is 5.11 Å². The van der Waals surface area contributed by atoms with Crippen LogP contribution in [0.25, 0.3) is 0 Å². The molecule has 4 heteroatoms. The quantitative estimate of drug-likeness (QED) is 0.810. The highest BCUT2D eigenvalue weighted by atomic mass is 16.4. The molecule has 1 heterocycles. The number of benzene rings is 1. The Labute approximate surface area is 104 Å². The van der Waals surface area contributed by atoms with Gasteiger partial charge < -0.3 is 10.1 Å². The van der Waals surface area contributed by atoms with Crippen molar-refractivity contribution in [2.45, 2.75) is 13.3 Å². The van der Waals surface area contributed by atoms with E-state index in [2.05, 4.69) is 4.98 Å². The molecular formula is C14H13NO3. The second-order valence-corrected chi connectivity index (χ2v) is 3.99. The zero-order valence-electron chi connectivity index (χ0n) is 9.93. The zero-order chi connectivity index (χ0) is 13.1. The fraction of sp³-hybridized carbons (Fsp3) is 0.143. The van der Waals surface area contributed by atoms with Gasteiger partial charge in [0, 0.05) is 17.3 Å². The van der Waals surface area contributed by atoms with E-state index in [-0.39, 0.29) is 11.5 Å². The van der Waals surface area contributed by atoms with Crippen LogP contribution in [-0.2, 0) is 6.42 Å². The summed E-state index contributed by atoms with van der Waals surface area (Å²) in [5.41, 5.74) is 2.09. The van der Waals surface area contributed by atoms with E-state index in [1.807, 2.05) is 19.1 Å². The number of aromatic nitrogens is 1. The molecule has 2 rings (SSSR count). The van der Waals surface area contributed by atoms with Gasteiger partial charge in [-0.3, -0.25) is 4.79 Å². The average Bonchev–Trinajstić information content (AvgIpc) is 2.88. The number of H-pyrrole nitrogens is 1. The Morgan fingerprint density at radius 1 is 1.17 bits per heavy atom. The molecule has 0 aliphatic heterocycles. The zero-order valence-corrected chi connectivity index (χ0v) is 9.93. The van der Waals surface area contributed by atoms with Crippen LogP contribution in [0.2, 0.25) is 0 Å². The third-order valence-electron chi connectivity index (χ3n) is 2.80. The highest BCUT2D eigenvalue weighted by molar-refractivity contribution is 6.09. The van der Waals surface area contributed by atoms with Gasteiger partial charge >= 0.3 is 5.97 Å². The summed E-state index contributed by atoms with van der Waals surface area (Å²) < 4.78 is 0. The molecule has 0 atom stereocenters. The minimum atomic E-state index is -1.07. The van der Waals surface area contributed by atoms with Gasteiger partial charge in [-0.25, -0.2) is 4.79 Å². The smallest absolute Gasteiger partial charge is 0.352 e. The molecule has 0 unspecified atom stereocenters. The van der Waals surface area contributed by atoms with Crippen LogP contribution in [0.5, 0.6) is 0 Å². The number of carbonyl (C=O) groups is 2. The van der Waals surface area contributed by atoms with Gasteiger partial charge in [0.15, 0.2) is 5.78 Å². The minimum Gasteiger partial charge on any atom is -0.477 e. The summed E-state index contributed by atoms with van der Waals surface area (Å²) in [6, 6.07) is 8.66. The number of nitrogens with one attached hydrogen (secondary N) is 1. The number of rotatable bonds is 4. The highest BCUT2D eigenvalue weighted by Crippen LogP contribution is 2.12. The van der Waals surface area contributed by atoms with Crippen molar-refractivity contribution in [3.05, 3.63) is 58.9 Å². The summed E-state index contributed by atoms with van der Waals surface area (Å²) >= 11 is 0. The van der Waals surface area contributed by atoms with E-state index in [0.29, 0.717) is 11.1 Å². The lowest BCUT2D eigenvalue weighted by Crippen LogP contribution is -2.00. The molecule has 2 N–H and O–H groups in total. The molecule has 1 aromatic heterocycles. The van der Waals surface area contributed by atoms with E-state index in [1.165, 1.54) is 12.3 Å². The Balaban J connectivity index is 2.26. The molecule has 1 aromatic carbocycles. The van der Waals surface area contributed by atoms with Crippen LogP contribution in [0.3, 0.4) is 0 Å². The Morgan fingerprint density at radius 3 is 2.33 bits per heavy atom. The third-order valence-corrected chi connectivity index (χ3v) is 2.80. The first kappa shape index (κ1) is 12.1. The summed E-state index contributed by atoms with van der Waals surface area (Å²) in [6.07, 6.45) is 2.33. The van der Waals surface area contributed by atoms with Gasteiger partial charge in [-0.15, -0.1) is 0 Å². The standard InChI is InChI=1S/C14H13NO3/c1-2-9-3-5-10(6-4-9)13(16)11-7-12(14(17)18)15-8-11/h3-8,15H,2H2,1H3,(H,17,18). The predicted octanol–water partition coefficient (Wildman–Crippen LogP) is 2.51. The van der Waals surface area contributed by atoms with Crippen molar-refractivity contribution in [1.29, 1.82) is 0 Å². The van der Waals surface area contributed by atoms with Crippen LogP contribution >= 0.6 is 0 Å². The Morgan fingerprint density at radius 2 is 1.83 bits per heavy atom. The molecule has 2 aromatic rings. The Hall–Kier alpha value is -2.36. The van der Waals surface area contributed by atoms with Gasteiger partial charge in [-0.05, 0) is 18.1 Å². The molecule has 0 spiro atoms. The first-order chi connectivity index (χ1) is 8.61. The van der Waals surface area contributed by atoms with Crippen molar-refractivity contribution in [3.63, 3.8) is 0 Å². The van der Waals surface area contributed by atoms with E-state index < -0.39 is 5.97 Å². The van der Waals surface area contributed by atoms with Gasteiger partial charge in [0.1, 0.15) is 5.69 Å². The fourth-order valence-electron chi connectivity index (χ4n) is 1.71. The summed E-state index contributed by atoms with van der Waals surface area (Å²) in [5, 5.41) is 8.78. The van der Waals surface area contributed by atoms with Crippen LogP contribution in [0.15, 0.2) is 36.5 Å². The predicted molar refractivity (Wildman–Crippen MR) is 67.0 cm³/mol. The van der Waals surface area contributed by atoms with Crippen molar-refractivity contribution < 1.29 is 14.7 Å². The lowest BCUT2D eigenvalue weighted by molar-refractivity contribution is 0.0691. The minimum absolute atomic E-state index is 0.0172. The molecule has 0 saturated carbocycles. The Bertz CT molecular complexity index is 581. The number of carboxylic acids is 1. The van der Waals surface area contributed by atoms with Gasteiger partial charge in [-0.1, -0.05) is 31.2 Å². The van der Waals surface area contributed by atoms with Crippen LogP contribution < -0.4 is 0 Å². The van der Waals surface area contributed by atoms with Crippen LogP contribution in [-0.4, -0.2) is 21.8 Å². The fourth-order valence-corrected chi connectivity index (χ4v) is 1.71. The second-order valence-electron chi connectivity index (χ2n) is 3.99. The van der Waals surface area contributed by atoms with Crippen LogP contribution in [0, 0.1) is 0 Å². The molecule has 0 radical (unpaired) electrons. The highest BCUT2D eigenvalue weighted by Gasteiger charge is 2.13. The molecule has 4 nitrogen and oxygen atoms in total. The second kappa shape index (κ2) is 4.87. The number of aromatic carboxylic acids is 1. The largest absolute Gasteiger partial charge is 0.477 e. The van der Waals surface area contributed by atoms with Crippen molar-refractivity contribution in [2.75, 3.05) is 0 Å². The van der Waals surface area contributed by atoms with Gasteiger partial charge in [-0.2, -0.15) is 0 Å². The average molecular weight is 243 g/mol. The SMILES string of the molecule is CCc1ccc(C(=O)c2c[nH]c(C(=O)O)c2)cc1. The maximum Gasteiger partial charge on any atom is 0.352 e. The number of hydrogen-bond donors (Lipinski definition) is 2. The number of carboxylic acid groups (broad SMARTS) is 1. The topological polar surface area (TPSA) is 70.2 Å². The number of carbonyl (C=O) groups excluding carboxylic acids is 1. The van der Waals surface area contributed by atoms with Crippen molar-refractivity contribution in [1.82, 2.24) is 4.98 Å². The molecule has 0 bridgehead atoms. The summed E-state index contributed by atoms with van der Waals surface area (Å²) in [7, 11) is 0. The van der Waals surface area contributed by atoms with E-state index in [0.717, 1.165) is 12.0 Å². The van der Waals surface area contributed by atoms with Crippen molar-refractivity contribution in [2.24, 2.45) is 0 Å². The maximum atomic E-state index is 12.1. The van der Waals surface area contributed by atoms with E-state index >= 15 is 0 Å². The van der Waals surface area contributed by atoms with Crippen LogP contribution in [0.4, 0.5) is 0 Å². The number of hydrogen-bond acceptors (Lipinski definition) is 2. The third kappa shape index (κ3) is 2.32. The lowest BCUT2D eigenvalue weighted by Gasteiger charge is -2.00. The normalized spacial score (nSPS) is 10.3. The van der Waals surface area contributed by atoms with Crippen LogP contribution in [0.1, 0.15) is 38.9 Å². The van der Waals surface area contributed by atoms with Gasteiger partial charge in [0.05, 0.1) is 0 Å². The van der Waals surface area contributed by atoms with E-state index in [1.54, 1.807) is 12.1 Å². The number of ketones is 1.